The second-order valence-corrected chi connectivity index (χ2v) is 5.99. The van der Waals surface area contributed by atoms with Crippen molar-refractivity contribution in [3.63, 3.8) is 0 Å². The van der Waals surface area contributed by atoms with Gasteiger partial charge in [0, 0.05) is 16.3 Å². The second-order valence-electron chi connectivity index (χ2n) is 4.90. The first kappa shape index (κ1) is 14.7. The zero-order chi connectivity index (χ0) is 15.7. The van der Waals surface area contributed by atoms with Gasteiger partial charge in [-0.3, -0.25) is 9.48 Å². The number of carbonyl (C=O) groups excluding carboxylic acids is 1. The minimum Gasteiger partial charge on any atom is -0.366 e. The average Bonchev–Trinajstić information content (AvgIpc) is 2.90. The summed E-state index contributed by atoms with van der Waals surface area (Å²) in [4.78, 5) is 29.5. The van der Waals surface area contributed by atoms with Crippen molar-refractivity contribution >= 4 is 30.5 Å². The van der Waals surface area contributed by atoms with Gasteiger partial charge >= 0.3 is 0 Å². The van der Waals surface area contributed by atoms with Crippen LogP contribution in [-0.2, 0) is 6.54 Å². The number of nitrogens with two attached hydrogens (primary N) is 1. The number of carbonyl (C=O) groups is 1. The van der Waals surface area contributed by atoms with Crippen LogP contribution in [0.25, 0.3) is 10.9 Å². The Balaban J connectivity index is 1.89. The molecule has 112 valence electrons. The van der Waals surface area contributed by atoms with Crippen LogP contribution < -0.4 is 11.0 Å². The molecule has 0 atom stereocenters. The van der Waals surface area contributed by atoms with Crippen molar-refractivity contribution in [3.05, 3.63) is 59.8 Å². The molecule has 22 heavy (non-hydrogen) atoms. The van der Waals surface area contributed by atoms with E-state index < -0.39 is 14.3 Å². The highest BCUT2D eigenvalue weighted by molar-refractivity contribution is 7.54. The van der Waals surface area contributed by atoms with E-state index in [9.17, 15) is 4.79 Å². The first-order chi connectivity index (χ1) is 10.5. The maximum atomic E-state index is 11.2. The van der Waals surface area contributed by atoms with E-state index in [0.717, 1.165) is 16.5 Å². The molecule has 3 rings (SSSR count). The summed E-state index contributed by atoms with van der Waals surface area (Å²) in [5.74, 6) is -0.463. The fourth-order valence-corrected chi connectivity index (χ4v) is 2.69. The Morgan fingerprint density at radius 2 is 1.91 bits per heavy atom. The van der Waals surface area contributed by atoms with Crippen molar-refractivity contribution in [1.29, 1.82) is 0 Å². The number of fused-ring (bicyclic) bond motifs is 1. The van der Waals surface area contributed by atoms with Gasteiger partial charge in [0.15, 0.2) is 8.38 Å². The van der Waals surface area contributed by atoms with E-state index in [1.807, 2.05) is 22.9 Å². The third-order valence-electron chi connectivity index (χ3n) is 3.43. The number of hydrogen-bond acceptors (Lipinski definition) is 4. The van der Waals surface area contributed by atoms with Crippen molar-refractivity contribution in [1.82, 2.24) is 9.78 Å². The predicted molar refractivity (Wildman–Crippen MR) is 84.8 cm³/mol. The Kier molecular flexibility index (Phi) is 3.90. The van der Waals surface area contributed by atoms with Gasteiger partial charge in [0.2, 0.25) is 5.91 Å². The second kappa shape index (κ2) is 5.85. The molecule has 6 nitrogen and oxygen atoms in total. The summed E-state index contributed by atoms with van der Waals surface area (Å²) in [6, 6.07) is 12.3. The van der Waals surface area contributed by atoms with Gasteiger partial charge in [-0.25, -0.2) is 0 Å². The number of hydrogen-bond donors (Lipinski definition) is 3. The summed E-state index contributed by atoms with van der Waals surface area (Å²) >= 11 is 0. The Bertz CT molecular complexity index is 828. The molecule has 0 saturated heterocycles. The summed E-state index contributed by atoms with van der Waals surface area (Å²) < 4.78 is 1.82. The number of rotatable bonds is 4. The molecule has 0 aliphatic heterocycles. The summed E-state index contributed by atoms with van der Waals surface area (Å²) in [7, 11) is -2.06. The van der Waals surface area contributed by atoms with Crippen LogP contribution in [-0.4, -0.2) is 25.5 Å². The Morgan fingerprint density at radius 1 is 1.18 bits per heavy atom. The first-order valence-corrected chi connectivity index (χ1v) is 7.81. The van der Waals surface area contributed by atoms with Crippen LogP contribution in [0, 0.1) is 0 Å². The molecule has 0 unspecified atom stereocenters. The van der Waals surface area contributed by atoms with Gasteiger partial charge in [-0.15, -0.1) is 0 Å². The zero-order valence-electron chi connectivity index (χ0n) is 11.5. The summed E-state index contributed by atoms with van der Waals surface area (Å²) in [5.41, 5.74) is 7.62. The van der Waals surface area contributed by atoms with Crippen molar-refractivity contribution in [2.45, 2.75) is 6.54 Å². The molecule has 0 fully saturated rings. The van der Waals surface area contributed by atoms with E-state index in [2.05, 4.69) is 5.10 Å². The number of primary amides is 1. The van der Waals surface area contributed by atoms with Crippen molar-refractivity contribution in [2.75, 3.05) is 0 Å². The van der Waals surface area contributed by atoms with E-state index in [0.29, 0.717) is 17.4 Å². The lowest BCUT2D eigenvalue weighted by atomic mass is 10.1. The van der Waals surface area contributed by atoms with Gasteiger partial charge in [-0.05, 0) is 35.9 Å². The van der Waals surface area contributed by atoms with Crippen LogP contribution in [0.5, 0.6) is 0 Å². The van der Waals surface area contributed by atoms with Crippen molar-refractivity contribution in [2.24, 2.45) is 5.73 Å². The molecule has 4 N–H and O–H groups in total. The van der Waals surface area contributed by atoms with Gasteiger partial charge in [0.1, 0.15) is 0 Å². The molecule has 3 aromatic rings. The highest BCUT2D eigenvalue weighted by Crippen LogP contribution is 2.22. The molecule has 0 aliphatic rings. The maximum Gasteiger partial charge on any atom is 0.248 e. The molecular weight excluding hydrogens is 301 g/mol. The lowest BCUT2D eigenvalue weighted by Gasteiger charge is -2.06. The Morgan fingerprint density at radius 3 is 2.55 bits per heavy atom. The first-order valence-electron chi connectivity index (χ1n) is 6.57. The standard InChI is InChI=1S/C15H14N3O3P/c16-15(19)11-3-6-14-12(7-11)8-17-18(14)9-10-1-4-13(5-2-10)22(20)21/h1-8,20-21H,9H2,(H2,16,19). The minimum atomic E-state index is -2.06. The van der Waals surface area contributed by atoms with Gasteiger partial charge in [0.05, 0.1) is 18.3 Å². The third-order valence-corrected chi connectivity index (χ3v) is 4.19. The summed E-state index contributed by atoms with van der Waals surface area (Å²) in [6.07, 6.45) is 1.69. The lowest BCUT2D eigenvalue weighted by Crippen LogP contribution is -2.10. The van der Waals surface area contributed by atoms with Gasteiger partial charge in [-0.1, -0.05) is 12.1 Å². The largest absolute Gasteiger partial charge is 0.366 e. The Labute approximate surface area is 127 Å². The van der Waals surface area contributed by atoms with E-state index in [4.69, 9.17) is 15.5 Å². The van der Waals surface area contributed by atoms with Gasteiger partial charge in [-0.2, -0.15) is 5.10 Å². The number of aromatic nitrogens is 2. The van der Waals surface area contributed by atoms with Crippen LogP contribution in [0.1, 0.15) is 15.9 Å². The van der Waals surface area contributed by atoms with E-state index in [1.54, 1.807) is 30.5 Å². The van der Waals surface area contributed by atoms with Crippen molar-refractivity contribution < 1.29 is 14.6 Å². The van der Waals surface area contributed by atoms with Crippen LogP contribution in [0.2, 0.25) is 0 Å². The molecule has 0 spiro atoms. The van der Waals surface area contributed by atoms with E-state index in [1.165, 1.54) is 0 Å². The van der Waals surface area contributed by atoms with Crippen molar-refractivity contribution in [3.8, 4) is 0 Å². The average molecular weight is 315 g/mol. The molecule has 0 bridgehead atoms. The smallest absolute Gasteiger partial charge is 0.248 e. The molecule has 1 aromatic heterocycles. The molecule has 0 radical (unpaired) electrons. The number of nitrogens with zero attached hydrogens (tertiary/aromatic N) is 2. The van der Waals surface area contributed by atoms with Crippen LogP contribution in [0.15, 0.2) is 48.7 Å². The summed E-state index contributed by atoms with van der Waals surface area (Å²) in [5, 5.41) is 5.68. The predicted octanol–water partition coefficient (Wildman–Crippen LogP) is 1.11. The molecule has 0 aliphatic carbocycles. The normalized spacial score (nSPS) is 11.2. The third kappa shape index (κ3) is 2.85. The molecule has 0 saturated carbocycles. The van der Waals surface area contributed by atoms with Crippen LogP contribution in [0.4, 0.5) is 0 Å². The quantitative estimate of drug-likeness (QED) is 0.628. The van der Waals surface area contributed by atoms with Crippen LogP contribution >= 0.6 is 8.38 Å². The van der Waals surface area contributed by atoms with E-state index >= 15 is 0 Å². The molecule has 2 aromatic carbocycles. The SMILES string of the molecule is NC(=O)c1ccc2c(cnn2Cc2ccc(P(O)O)cc2)c1. The van der Waals surface area contributed by atoms with E-state index in [-0.39, 0.29) is 0 Å². The zero-order valence-corrected chi connectivity index (χ0v) is 12.4. The maximum absolute atomic E-state index is 11.2. The summed E-state index contributed by atoms with van der Waals surface area (Å²) in [6.45, 7) is 0.550. The highest BCUT2D eigenvalue weighted by atomic mass is 31.2. The molecule has 1 heterocycles. The minimum absolute atomic E-state index is 0.454. The number of amides is 1. The molecular formula is C15H14N3O3P. The molecule has 7 heteroatoms. The lowest BCUT2D eigenvalue weighted by molar-refractivity contribution is 0.100. The molecule has 1 amide bonds. The number of benzene rings is 2. The fourth-order valence-electron chi connectivity index (χ4n) is 2.27. The van der Waals surface area contributed by atoms with Gasteiger partial charge < -0.3 is 15.5 Å². The topological polar surface area (TPSA) is 101 Å². The fraction of sp³-hybridized carbons (Fsp3) is 0.0667. The van der Waals surface area contributed by atoms with Gasteiger partial charge in [0.25, 0.3) is 0 Å². The highest BCUT2D eigenvalue weighted by Gasteiger charge is 2.08. The monoisotopic (exact) mass is 315 g/mol. The van der Waals surface area contributed by atoms with Crippen LogP contribution in [0.3, 0.4) is 0 Å². The Hall–Kier alpha value is -2.27.